The van der Waals surface area contributed by atoms with Crippen LogP contribution in [-0.2, 0) is 30.5 Å². The molecule has 2 aromatic carbocycles. The molecule has 1 aliphatic heterocycles. The molecule has 1 aromatic heterocycles. The predicted octanol–water partition coefficient (Wildman–Crippen LogP) is 5.11. The van der Waals surface area contributed by atoms with Gasteiger partial charge in [0.2, 0.25) is 5.89 Å². The number of rotatable bonds is 9. The van der Waals surface area contributed by atoms with Crippen molar-refractivity contribution in [2.24, 2.45) is 0 Å². The van der Waals surface area contributed by atoms with E-state index >= 15 is 0 Å². The number of aryl methyl sites for hydroxylation is 1. The Morgan fingerprint density at radius 2 is 1.89 bits per heavy atom. The molecule has 2 heterocycles. The summed E-state index contributed by atoms with van der Waals surface area (Å²) in [4.78, 5) is 18.7. The fourth-order valence-electron chi connectivity index (χ4n) is 4.01. The molecule has 0 saturated carbocycles. The van der Waals surface area contributed by atoms with Gasteiger partial charge in [0.15, 0.2) is 5.69 Å². The fraction of sp³-hybridized carbons (Fsp3) is 0.385. The van der Waals surface area contributed by atoms with Crippen molar-refractivity contribution in [2.45, 2.75) is 51.7 Å². The molecule has 0 bridgehead atoms. The number of oxazole rings is 1. The van der Waals surface area contributed by atoms with Crippen molar-refractivity contribution in [3.05, 3.63) is 88.6 Å². The Balaban J connectivity index is 1.46. The first-order valence-electron chi connectivity index (χ1n) is 11.5. The first kappa shape index (κ1) is 24.9. The Kier molecular flexibility index (Phi) is 7.87. The van der Waals surface area contributed by atoms with Crippen LogP contribution in [0.5, 0.6) is 0 Å². The highest BCUT2D eigenvalue weighted by Gasteiger charge is 2.30. The lowest BCUT2D eigenvalue weighted by Gasteiger charge is -2.22. The first-order chi connectivity index (χ1) is 16.8. The highest BCUT2D eigenvalue weighted by molar-refractivity contribution is 5.91. The summed E-state index contributed by atoms with van der Waals surface area (Å²) in [7, 11) is 0. The lowest BCUT2D eigenvalue weighted by molar-refractivity contribution is -0.137. The average Bonchev–Trinajstić information content (AvgIpc) is 3.51. The molecule has 1 unspecified atom stereocenters. The number of hydrogen-bond acceptors (Lipinski definition) is 5. The van der Waals surface area contributed by atoms with Crippen LogP contribution in [0.15, 0.2) is 59.2 Å². The smallest absolute Gasteiger partial charge is 0.416 e. The van der Waals surface area contributed by atoms with E-state index in [1.807, 2.05) is 36.1 Å². The summed E-state index contributed by atoms with van der Waals surface area (Å²) >= 11 is 0. The highest BCUT2D eigenvalue weighted by Crippen LogP contribution is 2.30. The standard InChI is InChI=1S/C26H28F3N3O3/c1-18-7-9-19(10-8-18)14-32(15-20-4-2-5-21(12-20)26(27,28)29)16-24-31-23(17-35-24)25(33)30-13-22-6-3-11-34-22/h2,4-5,7-10,12,17,22H,3,6,11,13-16H2,1H3,(H,30,33). The van der Waals surface area contributed by atoms with Crippen molar-refractivity contribution in [2.75, 3.05) is 13.2 Å². The van der Waals surface area contributed by atoms with Crippen molar-refractivity contribution in [3.63, 3.8) is 0 Å². The van der Waals surface area contributed by atoms with E-state index in [1.54, 1.807) is 6.07 Å². The van der Waals surface area contributed by atoms with Crippen molar-refractivity contribution in [1.29, 1.82) is 0 Å². The van der Waals surface area contributed by atoms with Crippen LogP contribution in [0.4, 0.5) is 13.2 Å². The normalized spacial score (nSPS) is 16.1. The van der Waals surface area contributed by atoms with Crippen molar-refractivity contribution in [1.82, 2.24) is 15.2 Å². The molecule has 9 heteroatoms. The Morgan fingerprint density at radius 3 is 2.60 bits per heavy atom. The third-order valence-corrected chi connectivity index (χ3v) is 5.84. The quantitative estimate of drug-likeness (QED) is 0.454. The minimum atomic E-state index is -4.41. The monoisotopic (exact) mass is 487 g/mol. The summed E-state index contributed by atoms with van der Waals surface area (Å²) in [5.74, 6) is -0.0372. The number of benzene rings is 2. The molecule has 6 nitrogen and oxygen atoms in total. The van der Waals surface area contributed by atoms with Gasteiger partial charge in [-0.2, -0.15) is 13.2 Å². The Morgan fingerprint density at radius 1 is 1.11 bits per heavy atom. The van der Waals surface area contributed by atoms with E-state index in [9.17, 15) is 18.0 Å². The van der Waals surface area contributed by atoms with Crippen LogP contribution in [0.2, 0.25) is 0 Å². The molecule has 0 spiro atoms. The Labute approximate surface area is 202 Å². The molecule has 3 aromatic rings. The van der Waals surface area contributed by atoms with E-state index in [1.165, 1.54) is 12.3 Å². The van der Waals surface area contributed by atoms with Gasteiger partial charge in [0.1, 0.15) is 6.26 Å². The Hall–Kier alpha value is -3.17. The number of nitrogens with one attached hydrogen (secondary N) is 1. The van der Waals surface area contributed by atoms with E-state index in [4.69, 9.17) is 9.15 Å². The second kappa shape index (κ2) is 11.0. The van der Waals surface area contributed by atoms with E-state index in [0.29, 0.717) is 31.2 Å². The number of hydrogen-bond donors (Lipinski definition) is 1. The number of halogens is 3. The molecular weight excluding hydrogens is 459 g/mol. The predicted molar refractivity (Wildman–Crippen MR) is 123 cm³/mol. The van der Waals surface area contributed by atoms with Gasteiger partial charge in [-0.3, -0.25) is 9.69 Å². The summed E-state index contributed by atoms with van der Waals surface area (Å²) in [5, 5.41) is 2.81. The number of amides is 1. The summed E-state index contributed by atoms with van der Waals surface area (Å²) in [6.45, 7) is 4.05. The lowest BCUT2D eigenvalue weighted by Crippen LogP contribution is -2.32. The van der Waals surface area contributed by atoms with Gasteiger partial charge in [-0.1, -0.05) is 48.0 Å². The van der Waals surface area contributed by atoms with Gasteiger partial charge in [0, 0.05) is 26.2 Å². The molecule has 1 atom stereocenters. The second-order valence-corrected chi connectivity index (χ2v) is 8.80. The van der Waals surface area contributed by atoms with Crippen LogP contribution in [0, 0.1) is 6.92 Å². The zero-order valence-electron chi connectivity index (χ0n) is 19.5. The SMILES string of the molecule is Cc1ccc(CN(Cc2cccc(C(F)(F)F)c2)Cc2nc(C(=O)NCC3CCCO3)co2)cc1. The van der Waals surface area contributed by atoms with Gasteiger partial charge in [0.25, 0.3) is 5.91 Å². The number of nitrogens with zero attached hydrogens (tertiary/aromatic N) is 2. The van der Waals surface area contributed by atoms with Crippen molar-refractivity contribution < 1.29 is 27.1 Å². The number of ether oxygens (including phenoxy) is 1. The number of alkyl halides is 3. The van der Waals surface area contributed by atoms with Crippen molar-refractivity contribution in [3.8, 4) is 0 Å². The van der Waals surface area contributed by atoms with Crippen LogP contribution in [0.3, 0.4) is 0 Å². The number of aromatic nitrogens is 1. The fourth-order valence-corrected chi connectivity index (χ4v) is 4.01. The molecule has 1 saturated heterocycles. The maximum atomic E-state index is 13.2. The largest absolute Gasteiger partial charge is 0.447 e. The number of carbonyl (C=O) groups excluding carboxylic acids is 1. The van der Waals surface area contributed by atoms with Gasteiger partial charge in [-0.05, 0) is 37.0 Å². The first-order valence-corrected chi connectivity index (χ1v) is 11.5. The van der Waals surface area contributed by atoms with Crippen LogP contribution in [0.25, 0.3) is 0 Å². The topological polar surface area (TPSA) is 67.6 Å². The molecule has 0 radical (unpaired) electrons. The van der Waals surface area contributed by atoms with Gasteiger partial charge in [-0.15, -0.1) is 0 Å². The van der Waals surface area contributed by atoms with Crippen LogP contribution >= 0.6 is 0 Å². The third kappa shape index (κ3) is 7.16. The minimum absolute atomic E-state index is 0.0165. The van der Waals surface area contributed by atoms with E-state index in [0.717, 1.165) is 36.1 Å². The molecule has 186 valence electrons. The van der Waals surface area contributed by atoms with Gasteiger partial charge < -0.3 is 14.5 Å². The molecule has 0 aliphatic carbocycles. The summed E-state index contributed by atoms with van der Waals surface area (Å²) in [6.07, 6.45) is -1.20. The molecule has 35 heavy (non-hydrogen) atoms. The molecule has 1 fully saturated rings. The molecular formula is C26H28F3N3O3. The molecule has 4 rings (SSSR count). The Bertz CT molecular complexity index is 1120. The van der Waals surface area contributed by atoms with Gasteiger partial charge in [0.05, 0.1) is 18.2 Å². The zero-order valence-corrected chi connectivity index (χ0v) is 19.5. The van der Waals surface area contributed by atoms with Crippen LogP contribution in [-0.4, -0.2) is 35.0 Å². The van der Waals surface area contributed by atoms with E-state index in [-0.39, 0.29) is 30.8 Å². The van der Waals surface area contributed by atoms with E-state index in [2.05, 4.69) is 10.3 Å². The van der Waals surface area contributed by atoms with Crippen molar-refractivity contribution >= 4 is 5.91 Å². The average molecular weight is 488 g/mol. The highest BCUT2D eigenvalue weighted by atomic mass is 19.4. The van der Waals surface area contributed by atoms with Crippen LogP contribution < -0.4 is 5.32 Å². The van der Waals surface area contributed by atoms with E-state index < -0.39 is 11.7 Å². The molecule has 1 amide bonds. The zero-order chi connectivity index (χ0) is 24.8. The lowest BCUT2D eigenvalue weighted by atomic mass is 10.1. The molecule has 1 N–H and O–H groups in total. The summed E-state index contributed by atoms with van der Waals surface area (Å²) < 4.78 is 50.6. The third-order valence-electron chi connectivity index (χ3n) is 5.84. The molecule has 1 aliphatic rings. The van der Waals surface area contributed by atoms with Crippen LogP contribution in [0.1, 0.15) is 51.5 Å². The summed E-state index contributed by atoms with van der Waals surface area (Å²) in [6, 6.07) is 13.2. The van der Waals surface area contributed by atoms with Gasteiger partial charge >= 0.3 is 6.18 Å². The van der Waals surface area contributed by atoms with Gasteiger partial charge in [-0.25, -0.2) is 4.98 Å². The minimum Gasteiger partial charge on any atom is -0.447 e. The maximum Gasteiger partial charge on any atom is 0.416 e. The number of carbonyl (C=O) groups is 1. The maximum absolute atomic E-state index is 13.2. The second-order valence-electron chi connectivity index (χ2n) is 8.80. The summed E-state index contributed by atoms with van der Waals surface area (Å²) in [5.41, 5.74) is 2.11.